The Bertz CT molecular complexity index is 1050. The number of hydrogen-bond donors (Lipinski definition) is 0. The molecule has 2 heterocycles. The second-order valence-corrected chi connectivity index (χ2v) is 9.65. The first-order valence-electron chi connectivity index (χ1n) is 10.9. The molecule has 0 radical (unpaired) electrons. The second kappa shape index (κ2) is 8.51. The molecule has 2 unspecified atom stereocenters. The largest absolute Gasteiger partial charge is 0.366 e. The molecule has 0 N–H and O–H groups in total. The van der Waals surface area contributed by atoms with Crippen LogP contribution in [0.25, 0.3) is 5.57 Å². The first kappa shape index (κ1) is 21.6. The van der Waals surface area contributed by atoms with E-state index in [2.05, 4.69) is 24.8 Å². The van der Waals surface area contributed by atoms with Crippen molar-refractivity contribution in [1.29, 1.82) is 0 Å². The highest BCUT2D eigenvalue weighted by Gasteiger charge is 2.43. The van der Waals surface area contributed by atoms with Crippen LogP contribution in [0.2, 0.25) is 5.02 Å². The SMILES string of the molecule is Cc1ccc(C2=C(N3CC(C)CC(C)C3)C(=O)N(Cc3ccc(Cl)cc3)C2=O)c(C)c1. The van der Waals surface area contributed by atoms with E-state index in [0.29, 0.717) is 28.1 Å². The molecule has 1 fully saturated rings. The van der Waals surface area contributed by atoms with Crippen molar-refractivity contribution in [2.24, 2.45) is 11.8 Å². The summed E-state index contributed by atoms with van der Waals surface area (Å²) in [6.45, 7) is 10.3. The number of carbonyl (C=O) groups is 2. The minimum Gasteiger partial charge on any atom is -0.366 e. The van der Waals surface area contributed by atoms with Crippen molar-refractivity contribution < 1.29 is 9.59 Å². The summed E-state index contributed by atoms with van der Waals surface area (Å²) in [5, 5.41) is 0.633. The van der Waals surface area contributed by atoms with E-state index in [0.717, 1.165) is 41.8 Å². The molecule has 2 amide bonds. The normalized spacial score (nSPS) is 22.0. The smallest absolute Gasteiger partial charge is 0.278 e. The van der Waals surface area contributed by atoms with Gasteiger partial charge in [-0.15, -0.1) is 0 Å². The number of nitrogens with zero attached hydrogens (tertiary/aromatic N) is 2. The molecule has 2 aliphatic rings. The predicted molar refractivity (Wildman–Crippen MR) is 124 cm³/mol. The zero-order valence-electron chi connectivity index (χ0n) is 18.6. The average Bonchev–Trinajstić information content (AvgIpc) is 2.93. The minimum absolute atomic E-state index is 0.198. The van der Waals surface area contributed by atoms with Gasteiger partial charge in [0.2, 0.25) is 0 Å². The van der Waals surface area contributed by atoms with Crippen molar-refractivity contribution in [2.45, 2.75) is 40.7 Å². The molecule has 5 heteroatoms. The molecule has 4 nitrogen and oxygen atoms in total. The molecule has 2 atom stereocenters. The van der Waals surface area contributed by atoms with Gasteiger partial charge in [-0.3, -0.25) is 14.5 Å². The molecular formula is C26H29ClN2O2. The number of aryl methyl sites for hydroxylation is 2. The summed E-state index contributed by atoms with van der Waals surface area (Å²) in [6.07, 6.45) is 1.14. The lowest BCUT2D eigenvalue weighted by atomic mass is 9.90. The topological polar surface area (TPSA) is 40.6 Å². The highest BCUT2D eigenvalue weighted by Crippen LogP contribution is 2.37. The van der Waals surface area contributed by atoms with Crippen LogP contribution in [-0.2, 0) is 16.1 Å². The van der Waals surface area contributed by atoms with Gasteiger partial charge in [0.05, 0.1) is 12.1 Å². The lowest BCUT2D eigenvalue weighted by molar-refractivity contribution is -0.138. The van der Waals surface area contributed by atoms with Crippen LogP contribution >= 0.6 is 11.6 Å². The maximum atomic E-state index is 13.6. The maximum absolute atomic E-state index is 13.6. The van der Waals surface area contributed by atoms with Crippen molar-refractivity contribution in [3.05, 3.63) is 75.4 Å². The summed E-state index contributed by atoms with van der Waals surface area (Å²) in [6, 6.07) is 13.4. The molecule has 4 rings (SSSR count). The van der Waals surface area contributed by atoms with E-state index in [1.165, 1.54) is 4.90 Å². The van der Waals surface area contributed by atoms with Gasteiger partial charge in [0.25, 0.3) is 11.8 Å². The third-order valence-corrected chi connectivity index (χ3v) is 6.49. The zero-order valence-corrected chi connectivity index (χ0v) is 19.4. The van der Waals surface area contributed by atoms with E-state index in [1.807, 2.05) is 38.1 Å². The fourth-order valence-corrected chi connectivity index (χ4v) is 5.08. The second-order valence-electron chi connectivity index (χ2n) is 9.22. The molecule has 0 saturated carbocycles. The molecule has 31 heavy (non-hydrogen) atoms. The molecule has 0 aromatic heterocycles. The van der Waals surface area contributed by atoms with Crippen LogP contribution in [0.3, 0.4) is 0 Å². The number of benzene rings is 2. The Hall–Kier alpha value is -2.59. The summed E-state index contributed by atoms with van der Waals surface area (Å²) in [5.74, 6) is 0.540. The van der Waals surface area contributed by atoms with E-state index in [1.54, 1.807) is 12.1 Å². The third kappa shape index (κ3) is 4.27. The Kier molecular flexibility index (Phi) is 5.94. The molecule has 1 saturated heterocycles. The number of hydrogen-bond acceptors (Lipinski definition) is 3. The molecular weight excluding hydrogens is 408 g/mol. The number of rotatable bonds is 4. The average molecular weight is 437 g/mol. The van der Waals surface area contributed by atoms with Gasteiger partial charge in [-0.2, -0.15) is 0 Å². The number of carbonyl (C=O) groups excluding carboxylic acids is 2. The minimum atomic E-state index is -0.215. The van der Waals surface area contributed by atoms with E-state index >= 15 is 0 Å². The van der Waals surface area contributed by atoms with Crippen LogP contribution < -0.4 is 0 Å². The number of piperidine rings is 1. The van der Waals surface area contributed by atoms with Gasteiger partial charge in [0.1, 0.15) is 5.70 Å². The highest BCUT2D eigenvalue weighted by atomic mass is 35.5. The molecule has 0 spiro atoms. The van der Waals surface area contributed by atoms with Crippen LogP contribution in [0.15, 0.2) is 48.2 Å². The van der Waals surface area contributed by atoms with Crippen LogP contribution in [-0.4, -0.2) is 34.7 Å². The molecule has 0 bridgehead atoms. The number of amides is 2. The molecule has 162 valence electrons. The molecule has 2 aromatic carbocycles. The van der Waals surface area contributed by atoms with Crippen molar-refractivity contribution in [3.63, 3.8) is 0 Å². The van der Waals surface area contributed by atoms with Crippen LogP contribution in [0.4, 0.5) is 0 Å². The number of likely N-dealkylation sites (tertiary alicyclic amines) is 1. The van der Waals surface area contributed by atoms with E-state index in [-0.39, 0.29) is 18.4 Å². The summed E-state index contributed by atoms with van der Waals surface area (Å²) < 4.78 is 0. The van der Waals surface area contributed by atoms with Gasteiger partial charge in [0.15, 0.2) is 0 Å². The quantitative estimate of drug-likeness (QED) is 0.617. The summed E-state index contributed by atoms with van der Waals surface area (Å²) >= 11 is 6.01. The molecule has 2 aliphatic heterocycles. The lowest BCUT2D eigenvalue weighted by Crippen LogP contribution is -2.41. The summed E-state index contributed by atoms with van der Waals surface area (Å²) in [4.78, 5) is 30.8. The monoisotopic (exact) mass is 436 g/mol. The van der Waals surface area contributed by atoms with Crippen LogP contribution in [0.5, 0.6) is 0 Å². The van der Waals surface area contributed by atoms with Crippen LogP contribution in [0.1, 0.15) is 42.5 Å². The van der Waals surface area contributed by atoms with Gasteiger partial charge in [-0.1, -0.05) is 61.3 Å². The van der Waals surface area contributed by atoms with Crippen molar-refractivity contribution in [2.75, 3.05) is 13.1 Å². The standard InChI is InChI=1S/C26H29ClN2O2/c1-16-5-10-22(19(4)12-16)23-24(28-13-17(2)11-18(3)14-28)26(31)29(25(23)30)15-20-6-8-21(27)9-7-20/h5-10,12,17-18H,11,13-15H2,1-4H3. The van der Waals surface area contributed by atoms with Crippen molar-refractivity contribution in [1.82, 2.24) is 9.80 Å². The fourth-order valence-electron chi connectivity index (χ4n) is 4.95. The molecule has 0 aliphatic carbocycles. The van der Waals surface area contributed by atoms with Gasteiger partial charge in [-0.25, -0.2) is 0 Å². The van der Waals surface area contributed by atoms with Gasteiger partial charge in [-0.05, 0) is 60.9 Å². The Morgan fingerprint density at radius 3 is 2.19 bits per heavy atom. The Labute approximate surface area is 189 Å². The van der Waals surface area contributed by atoms with Crippen molar-refractivity contribution >= 4 is 29.0 Å². The number of imide groups is 1. The lowest BCUT2D eigenvalue weighted by Gasteiger charge is -2.37. The Balaban J connectivity index is 1.78. The summed E-state index contributed by atoms with van der Waals surface area (Å²) in [5.41, 5.74) is 4.98. The van der Waals surface area contributed by atoms with Crippen molar-refractivity contribution in [3.8, 4) is 0 Å². The molecule has 2 aromatic rings. The van der Waals surface area contributed by atoms with Gasteiger partial charge >= 0.3 is 0 Å². The predicted octanol–water partition coefficient (Wildman–Crippen LogP) is 5.21. The van der Waals surface area contributed by atoms with Crippen LogP contribution in [0, 0.1) is 25.7 Å². The fraction of sp³-hybridized carbons (Fsp3) is 0.385. The van der Waals surface area contributed by atoms with E-state index in [4.69, 9.17) is 11.6 Å². The van der Waals surface area contributed by atoms with E-state index < -0.39 is 0 Å². The first-order chi connectivity index (χ1) is 14.7. The summed E-state index contributed by atoms with van der Waals surface area (Å²) in [7, 11) is 0. The Morgan fingerprint density at radius 2 is 1.58 bits per heavy atom. The third-order valence-electron chi connectivity index (χ3n) is 6.23. The zero-order chi connectivity index (χ0) is 22.3. The number of halogens is 1. The van der Waals surface area contributed by atoms with E-state index in [9.17, 15) is 9.59 Å². The first-order valence-corrected chi connectivity index (χ1v) is 11.3. The Morgan fingerprint density at radius 1 is 0.935 bits per heavy atom. The highest BCUT2D eigenvalue weighted by molar-refractivity contribution is 6.35. The van der Waals surface area contributed by atoms with Gasteiger partial charge in [0, 0.05) is 18.1 Å². The van der Waals surface area contributed by atoms with Gasteiger partial charge < -0.3 is 4.90 Å². The maximum Gasteiger partial charge on any atom is 0.278 e.